The molecule has 2 aliphatic rings. The minimum Gasteiger partial charge on any atom is -0.507 e. The first-order valence-corrected chi connectivity index (χ1v) is 13.4. The van der Waals surface area contributed by atoms with Gasteiger partial charge < -0.3 is 14.7 Å². The topological polar surface area (TPSA) is 66.8 Å². The third-order valence-electron chi connectivity index (χ3n) is 7.24. The van der Waals surface area contributed by atoms with Gasteiger partial charge in [0.15, 0.2) is 12.4 Å². The van der Waals surface area contributed by atoms with Crippen LogP contribution >= 0.6 is 11.3 Å². The smallest absolute Gasteiger partial charge is 0.264 e. The van der Waals surface area contributed by atoms with Gasteiger partial charge in [-0.2, -0.15) is 0 Å². The molecule has 0 fully saturated rings. The van der Waals surface area contributed by atoms with Gasteiger partial charge in [-0.25, -0.2) is 0 Å². The summed E-state index contributed by atoms with van der Waals surface area (Å²) < 4.78 is 5.69. The van der Waals surface area contributed by atoms with E-state index in [1.54, 1.807) is 29.4 Å². The average molecular weight is 516 g/mol. The van der Waals surface area contributed by atoms with Gasteiger partial charge in [0.25, 0.3) is 5.91 Å². The fourth-order valence-corrected chi connectivity index (χ4v) is 6.06. The standard InChI is InChI=1S/C31H33NO4S/c1-30(2,3)21-12-17(13-22(29(21)35)31(4,5)6)11-20-27(25-9-8-10-37-25)18-14-23-24(15-19(18)28(20)34)36-16-26(33)32(23)7/h8-15,27,35H,16H2,1-7H3. The van der Waals surface area contributed by atoms with Gasteiger partial charge in [0.1, 0.15) is 11.5 Å². The van der Waals surface area contributed by atoms with Gasteiger partial charge in [-0.05, 0) is 63.7 Å². The van der Waals surface area contributed by atoms with Gasteiger partial charge in [-0.15, -0.1) is 11.3 Å². The summed E-state index contributed by atoms with van der Waals surface area (Å²) in [6, 6.07) is 11.8. The third-order valence-corrected chi connectivity index (χ3v) is 8.18. The number of amides is 1. The number of thiophene rings is 1. The number of hydrogen-bond acceptors (Lipinski definition) is 5. The van der Waals surface area contributed by atoms with Gasteiger partial charge in [-0.1, -0.05) is 47.6 Å². The number of benzene rings is 2. The van der Waals surface area contributed by atoms with Crippen LogP contribution in [0, 0.1) is 0 Å². The van der Waals surface area contributed by atoms with E-state index in [0.29, 0.717) is 28.3 Å². The molecule has 1 aromatic heterocycles. The van der Waals surface area contributed by atoms with Crippen LogP contribution in [0.3, 0.4) is 0 Å². The highest BCUT2D eigenvalue weighted by Crippen LogP contribution is 2.49. The van der Waals surface area contributed by atoms with E-state index in [-0.39, 0.29) is 35.0 Å². The van der Waals surface area contributed by atoms with Crippen LogP contribution in [0.2, 0.25) is 0 Å². The van der Waals surface area contributed by atoms with E-state index in [1.807, 2.05) is 41.8 Å². The number of anilines is 1. The van der Waals surface area contributed by atoms with Crippen molar-refractivity contribution < 1.29 is 19.4 Å². The molecule has 0 bridgehead atoms. The number of phenols is 1. The van der Waals surface area contributed by atoms with Crippen LogP contribution in [-0.4, -0.2) is 30.5 Å². The Morgan fingerprint density at radius 3 is 2.24 bits per heavy atom. The second-order valence-corrected chi connectivity index (χ2v) is 13.0. The van der Waals surface area contributed by atoms with Crippen molar-refractivity contribution in [2.45, 2.75) is 58.3 Å². The summed E-state index contributed by atoms with van der Waals surface area (Å²) >= 11 is 1.61. The highest BCUT2D eigenvalue weighted by Gasteiger charge is 2.39. The minimum atomic E-state index is -0.276. The molecular weight excluding hydrogens is 482 g/mol. The molecule has 0 spiro atoms. The van der Waals surface area contributed by atoms with Gasteiger partial charge in [0.05, 0.1) is 5.69 Å². The summed E-state index contributed by atoms with van der Waals surface area (Å²) in [4.78, 5) is 28.9. The third kappa shape index (κ3) is 4.27. The number of phenolic OH excluding ortho intramolecular Hbond substituents is 1. The monoisotopic (exact) mass is 515 g/mol. The lowest BCUT2D eigenvalue weighted by Crippen LogP contribution is -2.35. The van der Waals surface area contributed by atoms with Gasteiger partial charge in [-0.3, -0.25) is 9.59 Å². The first kappa shape index (κ1) is 25.3. The van der Waals surface area contributed by atoms with Crippen LogP contribution in [0.4, 0.5) is 5.69 Å². The molecule has 5 nitrogen and oxygen atoms in total. The summed E-state index contributed by atoms with van der Waals surface area (Å²) in [5, 5.41) is 13.2. The number of ether oxygens (including phenoxy) is 1. The lowest BCUT2D eigenvalue weighted by atomic mass is 9.78. The van der Waals surface area contributed by atoms with Crippen molar-refractivity contribution in [3.63, 3.8) is 0 Å². The predicted molar refractivity (Wildman–Crippen MR) is 149 cm³/mol. The lowest BCUT2D eigenvalue weighted by Gasteiger charge is -2.28. The minimum absolute atomic E-state index is 0.0355. The number of rotatable bonds is 2. The Bertz CT molecular complexity index is 1420. The molecule has 1 amide bonds. The molecular formula is C31H33NO4S. The first-order chi connectivity index (χ1) is 17.3. The zero-order valence-corrected chi connectivity index (χ0v) is 23.2. The van der Waals surface area contributed by atoms with E-state index in [1.165, 1.54) is 0 Å². The fourth-order valence-electron chi connectivity index (χ4n) is 5.20. The van der Waals surface area contributed by atoms with E-state index >= 15 is 0 Å². The molecule has 3 aromatic rings. The Kier molecular flexibility index (Phi) is 5.87. The van der Waals surface area contributed by atoms with Crippen molar-refractivity contribution in [3.8, 4) is 11.5 Å². The van der Waals surface area contributed by atoms with Crippen molar-refractivity contribution in [1.29, 1.82) is 0 Å². The molecule has 1 N–H and O–H groups in total. The number of carbonyl (C=O) groups is 2. The SMILES string of the molecule is CN1C(=O)COc2cc3c(cc21)C(c1cccs1)C(=Cc1cc(C(C)(C)C)c(O)c(C(C)(C)C)c1)C3=O. The number of aromatic hydroxyl groups is 1. The maximum absolute atomic E-state index is 13.9. The molecule has 1 aliphatic heterocycles. The summed E-state index contributed by atoms with van der Waals surface area (Å²) in [6.07, 6.45) is 1.98. The molecule has 2 heterocycles. The van der Waals surface area contributed by atoms with Crippen molar-refractivity contribution in [2.75, 3.05) is 18.6 Å². The Morgan fingerprint density at radius 1 is 1.03 bits per heavy atom. The lowest BCUT2D eigenvalue weighted by molar-refractivity contribution is -0.120. The molecule has 37 heavy (non-hydrogen) atoms. The number of hydrogen-bond donors (Lipinski definition) is 1. The zero-order chi connectivity index (χ0) is 26.9. The van der Waals surface area contributed by atoms with Crippen molar-refractivity contribution >= 4 is 34.8 Å². The zero-order valence-electron chi connectivity index (χ0n) is 22.4. The highest BCUT2D eigenvalue weighted by molar-refractivity contribution is 7.10. The Morgan fingerprint density at radius 2 is 1.68 bits per heavy atom. The molecule has 6 heteroatoms. The second kappa shape index (κ2) is 8.59. The van der Waals surface area contributed by atoms with Crippen LogP contribution in [0.25, 0.3) is 6.08 Å². The summed E-state index contributed by atoms with van der Waals surface area (Å²) in [5.41, 5.74) is 4.89. The second-order valence-electron chi connectivity index (χ2n) is 12.0. The van der Waals surface area contributed by atoms with Crippen molar-refractivity contribution in [2.24, 2.45) is 0 Å². The molecule has 1 unspecified atom stereocenters. The summed E-state index contributed by atoms with van der Waals surface area (Å²) in [5.74, 6) is 0.463. The van der Waals surface area contributed by atoms with Crippen LogP contribution in [0.5, 0.6) is 11.5 Å². The number of allylic oxidation sites excluding steroid dienone is 1. The largest absolute Gasteiger partial charge is 0.507 e. The van der Waals surface area contributed by atoms with Gasteiger partial charge in [0.2, 0.25) is 0 Å². The Labute approximate surface area is 222 Å². The quantitative estimate of drug-likeness (QED) is 0.381. The van der Waals surface area contributed by atoms with Crippen LogP contribution in [0.1, 0.15) is 84.9 Å². The van der Waals surface area contributed by atoms with Gasteiger partial charge in [0, 0.05) is 40.1 Å². The molecule has 0 saturated carbocycles. The first-order valence-electron chi connectivity index (χ1n) is 12.5. The summed E-state index contributed by atoms with van der Waals surface area (Å²) in [7, 11) is 1.74. The fraction of sp³-hybridized carbons (Fsp3) is 0.355. The van der Waals surface area contributed by atoms with E-state index < -0.39 is 0 Å². The van der Waals surface area contributed by atoms with Crippen LogP contribution in [-0.2, 0) is 15.6 Å². The van der Waals surface area contributed by atoms with Crippen LogP contribution in [0.15, 0.2) is 47.4 Å². The molecule has 0 saturated heterocycles. The molecule has 0 radical (unpaired) electrons. The predicted octanol–water partition coefficient (Wildman–Crippen LogP) is 6.82. The molecule has 1 aliphatic carbocycles. The molecule has 5 rings (SSSR count). The number of ketones is 1. The summed E-state index contributed by atoms with van der Waals surface area (Å²) in [6.45, 7) is 12.5. The van der Waals surface area contributed by atoms with E-state index in [0.717, 1.165) is 27.1 Å². The number of likely N-dealkylation sites (N-methyl/N-ethyl adjacent to an activating group) is 1. The van der Waals surface area contributed by atoms with E-state index in [9.17, 15) is 14.7 Å². The van der Waals surface area contributed by atoms with Crippen LogP contribution < -0.4 is 9.64 Å². The Balaban J connectivity index is 1.73. The number of carbonyl (C=O) groups excluding carboxylic acids is 2. The van der Waals surface area contributed by atoms with Gasteiger partial charge >= 0.3 is 0 Å². The molecule has 2 aromatic carbocycles. The Hall–Kier alpha value is -3.38. The van der Waals surface area contributed by atoms with E-state index in [2.05, 4.69) is 41.5 Å². The number of nitrogens with zero attached hydrogens (tertiary/aromatic N) is 1. The molecule has 192 valence electrons. The van der Waals surface area contributed by atoms with Crippen molar-refractivity contribution in [1.82, 2.24) is 0 Å². The maximum atomic E-state index is 13.9. The number of fused-ring (bicyclic) bond motifs is 2. The van der Waals surface area contributed by atoms with Crippen molar-refractivity contribution in [3.05, 3.63) is 80.0 Å². The average Bonchev–Trinajstić information content (AvgIpc) is 3.42. The highest BCUT2D eigenvalue weighted by atomic mass is 32.1. The maximum Gasteiger partial charge on any atom is 0.264 e. The molecule has 1 atom stereocenters. The van der Waals surface area contributed by atoms with E-state index in [4.69, 9.17) is 4.74 Å². The number of Topliss-reactive ketones (excluding diaryl/α,β-unsaturated/α-hetero) is 1. The normalized spacial score (nSPS) is 18.7.